The first kappa shape index (κ1) is 8.34. The lowest BCUT2D eigenvalue weighted by atomic mass is 9.76. The number of hydrogen-bond acceptors (Lipinski definition) is 1. The molecule has 74 valence electrons. The van der Waals surface area contributed by atoms with Gasteiger partial charge in [-0.3, -0.25) is 0 Å². The molecular weight excluding hydrogens is 172 g/mol. The average Bonchev–Trinajstić information content (AvgIpc) is 2.72. The lowest BCUT2D eigenvalue weighted by molar-refractivity contribution is 0.233. The second-order valence-corrected chi connectivity index (χ2v) is 5.28. The van der Waals surface area contributed by atoms with Gasteiger partial charge in [0.05, 0.1) is 0 Å². The van der Waals surface area contributed by atoms with Gasteiger partial charge in [-0.25, -0.2) is 0 Å². The van der Waals surface area contributed by atoms with Crippen LogP contribution in [0.2, 0.25) is 0 Å². The Morgan fingerprint density at radius 2 is 1.64 bits per heavy atom. The largest absolute Gasteiger partial charge is 0.457 e. The Morgan fingerprint density at radius 1 is 1.14 bits per heavy atom. The molecule has 14 heavy (non-hydrogen) atoms. The molecule has 0 spiro atoms. The Hall–Kier alpha value is -0.980. The lowest BCUT2D eigenvalue weighted by Gasteiger charge is -2.28. The molecule has 2 bridgehead atoms. The third-order valence-electron chi connectivity index (χ3n) is 4.12. The van der Waals surface area contributed by atoms with Gasteiger partial charge < -0.3 is 4.42 Å². The highest BCUT2D eigenvalue weighted by molar-refractivity contribution is 5.73. The van der Waals surface area contributed by atoms with E-state index < -0.39 is 0 Å². The van der Waals surface area contributed by atoms with Gasteiger partial charge in [-0.1, -0.05) is 20.8 Å². The van der Waals surface area contributed by atoms with Gasteiger partial charge in [0.25, 0.3) is 0 Å². The van der Waals surface area contributed by atoms with Gasteiger partial charge in [-0.2, -0.15) is 0 Å². The molecule has 1 aliphatic carbocycles. The molecule has 0 atom stereocenters. The first-order chi connectivity index (χ1) is 6.60. The van der Waals surface area contributed by atoms with Crippen molar-refractivity contribution in [3.05, 3.63) is 23.3 Å². The van der Waals surface area contributed by atoms with Crippen molar-refractivity contribution in [1.82, 2.24) is 0 Å². The Balaban J connectivity index is 2.10. The molecule has 0 aromatic carbocycles. The second kappa shape index (κ2) is 2.33. The summed E-state index contributed by atoms with van der Waals surface area (Å²) in [6.07, 6.45) is 2.40. The molecule has 1 aliphatic rings. The van der Waals surface area contributed by atoms with E-state index in [9.17, 15) is 0 Å². The molecule has 0 fully saturated rings. The summed E-state index contributed by atoms with van der Waals surface area (Å²) >= 11 is 0. The Morgan fingerprint density at radius 3 is 2.07 bits per heavy atom. The summed E-state index contributed by atoms with van der Waals surface area (Å²) in [6, 6.07) is 4.22. The van der Waals surface area contributed by atoms with Crippen LogP contribution in [0.25, 0.3) is 11.2 Å². The van der Waals surface area contributed by atoms with Crippen LogP contribution in [-0.2, 0) is 12.8 Å². The van der Waals surface area contributed by atoms with E-state index in [1.807, 2.05) is 0 Å². The maximum Gasteiger partial charge on any atom is 0.131 e. The summed E-state index contributed by atoms with van der Waals surface area (Å²) in [4.78, 5) is 0. The molecule has 0 radical (unpaired) electrons. The van der Waals surface area contributed by atoms with Crippen molar-refractivity contribution in [2.45, 2.75) is 33.6 Å². The summed E-state index contributed by atoms with van der Waals surface area (Å²) in [6.45, 7) is 7.05. The van der Waals surface area contributed by atoms with E-state index in [1.54, 1.807) is 0 Å². The van der Waals surface area contributed by atoms with Crippen molar-refractivity contribution in [1.29, 1.82) is 0 Å². The Kier molecular flexibility index (Phi) is 1.39. The highest BCUT2D eigenvalue weighted by Gasteiger charge is 2.39. The zero-order valence-corrected chi connectivity index (χ0v) is 9.05. The van der Waals surface area contributed by atoms with Crippen LogP contribution in [0, 0.1) is 11.3 Å². The first-order valence-corrected chi connectivity index (χ1v) is 5.43. The van der Waals surface area contributed by atoms with Crippen LogP contribution >= 0.6 is 0 Å². The van der Waals surface area contributed by atoms with Crippen molar-refractivity contribution >= 4 is 11.2 Å². The minimum absolute atomic E-state index is 0.455. The zero-order valence-electron chi connectivity index (χ0n) is 9.05. The maximum absolute atomic E-state index is 5.66. The highest BCUT2D eigenvalue weighted by Crippen LogP contribution is 2.47. The van der Waals surface area contributed by atoms with E-state index in [0.29, 0.717) is 5.41 Å². The summed E-state index contributed by atoms with van der Waals surface area (Å²) in [7, 11) is 0. The summed E-state index contributed by atoms with van der Waals surface area (Å²) in [5.74, 6) is 0.744. The lowest BCUT2D eigenvalue weighted by Crippen LogP contribution is -2.23. The molecule has 1 nitrogen and oxygen atoms in total. The fourth-order valence-electron chi connectivity index (χ4n) is 2.63. The molecule has 0 unspecified atom stereocenters. The van der Waals surface area contributed by atoms with Crippen molar-refractivity contribution in [2.75, 3.05) is 0 Å². The number of furan rings is 2. The normalized spacial score (nSPS) is 19.7. The van der Waals surface area contributed by atoms with Gasteiger partial charge in [-0.05, 0) is 36.3 Å². The van der Waals surface area contributed by atoms with E-state index in [-0.39, 0.29) is 0 Å². The molecule has 0 amide bonds. The van der Waals surface area contributed by atoms with Gasteiger partial charge in [0.15, 0.2) is 0 Å². The monoisotopic (exact) mass is 188 g/mol. The van der Waals surface area contributed by atoms with Crippen LogP contribution < -0.4 is 0 Å². The second-order valence-electron chi connectivity index (χ2n) is 5.28. The van der Waals surface area contributed by atoms with E-state index in [2.05, 4.69) is 32.9 Å². The molecule has 2 heterocycles. The SMILES string of the molecule is CC(C)C1(C)Cc2c(c3ccc2o3)C1. The van der Waals surface area contributed by atoms with Crippen LogP contribution in [0.4, 0.5) is 0 Å². The number of fused-ring (bicyclic) bond motifs is 5. The van der Waals surface area contributed by atoms with Crippen LogP contribution in [0.15, 0.2) is 16.5 Å². The quantitative estimate of drug-likeness (QED) is 0.666. The first-order valence-electron chi connectivity index (χ1n) is 5.43. The molecule has 2 aromatic rings. The average molecular weight is 188 g/mol. The van der Waals surface area contributed by atoms with Gasteiger partial charge in [0.1, 0.15) is 11.2 Å². The predicted molar refractivity (Wildman–Crippen MR) is 57.8 cm³/mol. The third kappa shape index (κ3) is 0.853. The van der Waals surface area contributed by atoms with Gasteiger partial charge in [0.2, 0.25) is 0 Å². The summed E-state index contributed by atoms with van der Waals surface area (Å²) in [5.41, 5.74) is 5.67. The van der Waals surface area contributed by atoms with E-state index in [0.717, 1.165) is 17.1 Å². The fraction of sp³-hybridized carbons (Fsp3) is 0.538. The Labute approximate surface area is 84.4 Å². The van der Waals surface area contributed by atoms with E-state index in [4.69, 9.17) is 4.42 Å². The molecular formula is C13H16O. The topological polar surface area (TPSA) is 13.1 Å². The van der Waals surface area contributed by atoms with Crippen molar-refractivity contribution in [2.24, 2.45) is 11.3 Å². The summed E-state index contributed by atoms with van der Waals surface area (Å²) in [5, 5.41) is 0. The van der Waals surface area contributed by atoms with Crippen LogP contribution in [0.1, 0.15) is 31.9 Å². The zero-order chi connectivity index (χ0) is 9.92. The van der Waals surface area contributed by atoms with Gasteiger partial charge in [0, 0.05) is 11.1 Å². The molecule has 0 aliphatic heterocycles. The summed E-state index contributed by atoms with van der Waals surface area (Å²) < 4.78 is 5.66. The van der Waals surface area contributed by atoms with Crippen molar-refractivity contribution in [3.63, 3.8) is 0 Å². The van der Waals surface area contributed by atoms with E-state index >= 15 is 0 Å². The number of rotatable bonds is 1. The van der Waals surface area contributed by atoms with Crippen LogP contribution in [0.5, 0.6) is 0 Å². The minimum Gasteiger partial charge on any atom is -0.457 e. The smallest absolute Gasteiger partial charge is 0.131 e. The molecule has 0 saturated carbocycles. The van der Waals surface area contributed by atoms with Gasteiger partial charge >= 0.3 is 0 Å². The molecule has 2 aromatic heterocycles. The molecule has 3 rings (SSSR count). The van der Waals surface area contributed by atoms with Crippen molar-refractivity contribution < 1.29 is 4.42 Å². The minimum atomic E-state index is 0.455. The third-order valence-corrected chi connectivity index (χ3v) is 4.12. The number of benzene rings is 1. The standard InChI is InChI=1S/C13H16O/c1-8(2)13(3)6-9-10(7-13)12-5-4-11(9)14-12/h4-5,8H,6-7H2,1-3H3. The molecule has 0 saturated heterocycles. The Bertz CT molecular complexity index is 429. The highest BCUT2D eigenvalue weighted by atomic mass is 16.3. The predicted octanol–water partition coefficient (Wildman–Crippen LogP) is 3.63. The van der Waals surface area contributed by atoms with E-state index in [1.165, 1.54) is 24.0 Å². The van der Waals surface area contributed by atoms with Crippen LogP contribution in [-0.4, -0.2) is 0 Å². The fourth-order valence-corrected chi connectivity index (χ4v) is 2.63. The molecule has 1 heteroatoms. The molecule has 0 N–H and O–H groups in total. The maximum atomic E-state index is 5.66. The van der Waals surface area contributed by atoms with Crippen LogP contribution in [0.3, 0.4) is 0 Å². The number of hydrogen-bond donors (Lipinski definition) is 0. The van der Waals surface area contributed by atoms with Gasteiger partial charge in [-0.15, -0.1) is 0 Å². The van der Waals surface area contributed by atoms with Crippen molar-refractivity contribution in [3.8, 4) is 0 Å².